The lowest BCUT2D eigenvalue weighted by atomic mass is 10.1. The second-order valence-electron chi connectivity index (χ2n) is 7.96. The minimum absolute atomic E-state index is 0.238. The van der Waals surface area contributed by atoms with Gasteiger partial charge in [0.1, 0.15) is 19.0 Å². The molecule has 0 spiro atoms. The molecular formula is C28H23Cl2N3O2. The molecule has 4 rings (SSSR count). The van der Waals surface area contributed by atoms with Crippen molar-refractivity contribution in [3.8, 4) is 17.5 Å². The smallest absolute Gasteiger partial charge is 0.143 e. The molecule has 0 saturated carbocycles. The highest BCUT2D eigenvalue weighted by Gasteiger charge is 2.10. The predicted molar refractivity (Wildman–Crippen MR) is 140 cm³/mol. The number of aryl methyl sites for hydroxylation is 1. The monoisotopic (exact) mass is 503 g/mol. The summed E-state index contributed by atoms with van der Waals surface area (Å²) >= 11 is 12.2. The second kappa shape index (κ2) is 11.1. The van der Waals surface area contributed by atoms with Gasteiger partial charge in [0.2, 0.25) is 0 Å². The summed E-state index contributed by atoms with van der Waals surface area (Å²) in [5.41, 5.74) is 6.34. The topological polar surface area (TPSA) is 59.5 Å². The van der Waals surface area contributed by atoms with Gasteiger partial charge in [0, 0.05) is 43.8 Å². The molecule has 176 valence electrons. The first-order chi connectivity index (χ1) is 17.0. The minimum atomic E-state index is 0.238. The number of nitrogens with zero attached hydrogens (tertiary/aromatic N) is 3. The number of aromatic nitrogens is 1. The maximum Gasteiger partial charge on any atom is 0.143 e. The highest BCUT2D eigenvalue weighted by Crippen LogP contribution is 2.25. The lowest BCUT2D eigenvalue weighted by molar-refractivity contribution is 0.132. The zero-order valence-electron chi connectivity index (χ0n) is 19.3. The minimum Gasteiger partial charge on any atom is -0.489 e. The molecule has 1 aromatic heterocycles. The fourth-order valence-electron chi connectivity index (χ4n) is 3.76. The third-order valence-corrected chi connectivity index (χ3v) is 6.19. The predicted octanol–water partition coefficient (Wildman–Crippen LogP) is 7.40. The summed E-state index contributed by atoms with van der Waals surface area (Å²) < 4.78 is 8.04. The summed E-state index contributed by atoms with van der Waals surface area (Å²) in [7, 11) is 0. The van der Waals surface area contributed by atoms with Gasteiger partial charge in [-0.3, -0.25) is 0 Å². The molecule has 0 unspecified atom stereocenters. The van der Waals surface area contributed by atoms with Gasteiger partial charge >= 0.3 is 0 Å². The molecule has 0 bridgehead atoms. The normalized spacial score (nSPS) is 10.9. The Labute approximate surface area is 214 Å². The standard InChI is InChI=1S/C28H23Cl2N3O2/c1-19-13-24(16-32-35-18-22-6-4-3-5-21(22)15-31)20(2)33(19)26-9-11-27(12-10-26)34-17-23-7-8-25(29)14-28(23)30/h3-14,16H,17-18H2,1-2H3/b32-16-. The van der Waals surface area contributed by atoms with Crippen LogP contribution in [-0.4, -0.2) is 10.8 Å². The molecule has 5 nitrogen and oxygen atoms in total. The van der Waals surface area contributed by atoms with Crippen LogP contribution in [0.2, 0.25) is 10.0 Å². The van der Waals surface area contributed by atoms with Crippen molar-refractivity contribution >= 4 is 29.4 Å². The Morgan fingerprint density at radius 2 is 1.71 bits per heavy atom. The molecule has 0 aliphatic rings. The first kappa shape index (κ1) is 24.4. The first-order valence-corrected chi connectivity index (χ1v) is 11.7. The van der Waals surface area contributed by atoms with Crippen LogP contribution in [0.15, 0.2) is 78.0 Å². The largest absolute Gasteiger partial charge is 0.489 e. The molecule has 0 atom stereocenters. The zero-order valence-corrected chi connectivity index (χ0v) is 20.8. The van der Waals surface area contributed by atoms with Crippen LogP contribution < -0.4 is 4.74 Å². The van der Waals surface area contributed by atoms with Crippen LogP contribution >= 0.6 is 23.2 Å². The summed E-state index contributed by atoms with van der Waals surface area (Å²) in [6.45, 7) is 4.67. The number of benzene rings is 3. The molecule has 35 heavy (non-hydrogen) atoms. The van der Waals surface area contributed by atoms with Gasteiger partial charge in [0.05, 0.1) is 17.8 Å². The summed E-state index contributed by atoms with van der Waals surface area (Å²) in [5.74, 6) is 0.745. The Bertz CT molecular complexity index is 1400. The summed E-state index contributed by atoms with van der Waals surface area (Å²) in [6.07, 6.45) is 1.70. The Morgan fingerprint density at radius 3 is 2.46 bits per heavy atom. The lowest BCUT2D eigenvalue weighted by Crippen LogP contribution is -2.00. The van der Waals surface area contributed by atoms with Crippen LogP contribution in [0.5, 0.6) is 5.75 Å². The molecule has 0 fully saturated rings. The Morgan fingerprint density at radius 1 is 0.943 bits per heavy atom. The number of halogens is 2. The van der Waals surface area contributed by atoms with Gasteiger partial charge in [-0.15, -0.1) is 0 Å². The van der Waals surface area contributed by atoms with Gasteiger partial charge in [0.15, 0.2) is 0 Å². The van der Waals surface area contributed by atoms with Crippen molar-refractivity contribution in [1.29, 1.82) is 5.26 Å². The summed E-state index contributed by atoms with van der Waals surface area (Å²) in [4.78, 5) is 5.45. The third-order valence-electron chi connectivity index (χ3n) is 5.60. The maximum atomic E-state index is 9.19. The van der Waals surface area contributed by atoms with E-state index in [1.807, 2.05) is 62.4 Å². The highest BCUT2D eigenvalue weighted by molar-refractivity contribution is 6.35. The number of oxime groups is 1. The van der Waals surface area contributed by atoms with E-state index in [2.05, 4.69) is 21.9 Å². The Kier molecular flexibility index (Phi) is 7.77. The van der Waals surface area contributed by atoms with E-state index >= 15 is 0 Å². The molecule has 1 heterocycles. The van der Waals surface area contributed by atoms with Gasteiger partial charge in [-0.1, -0.05) is 52.6 Å². The van der Waals surface area contributed by atoms with Crippen molar-refractivity contribution in [3.05, 3.63) is 116 Å². The van der Waals surface area contributed by atoms with Crippen LogP contribution in [0, 0.1) is 25.2 Å². The molecular weight excluding hydrogens is 481 g/mol. The summed E-state index contributed by atoms with van der Waals surface area (Å²) in [5, 5.41) is 14.5. The first-order valence-electron chi connectivity index (χ1n) is 11.0. The van der Waals surface area contributed by atoms with E-state index in [-0.39, 0.29) is 6.61 Å². The number of hydrogen-bond donors (Lipinski definition) is 0. The van der Waals surface area contributed by atoms with Gasteiger partial charge < -0.3 is 14.1 Å². The fourth-order valence-corrected chi connectivity index (χ4v) is 4.23. The van der Waals surface area contributed by atoms with Gasteiger partial charge in [0.25, 0.3) is 0 Å². The Balaban J connectivity index is 1.41. The number of rotatable bonds is 8. The molecule has 0 aliphatic carbocycles. The SMILES string of the molecule is Cc1cc(/C=N\OCc2ccccc2C#N)c(C)n1-c1ccc(OCc2ccc(Cl)cc2Cl)cc1. The fraction of sp³-hybridized carbons (Fsp3) is 0.143. The van der Waals surface area contributed by atoms with E-state index in [9.17, 15) is 5.26 Å². The molecule has 3 aromatic carbocycles. The van der Waals surface area contributed by atoms with Crippen LogP contribution in [-0.2, 0) is 18.1 Å². The van der Waals surface area contributed by atoms with Crippen molar-refractivity contribution in [2.75, 3.05) is 0 Å². The van der Waals surface area contributed by atoms with Crippen LogP contribution in [0.4, 0.5) is 0 Å². The van der Waals surface area contributed by atoms with Crippen LogP contribution in [0.25, 0.3) is 5.69 Å². The third kappa shape index (κ3) is 5.86. The zero-order chi connectivity index (χ0) is 24.8. The lowest BCUT2D eigenvalue weighted by Gasteiger charge is -2.12. The van der Waals surface area contributed by atoms with E-state index in [1.54, 1.807) is 24.4 Å². The van der Waals surface area contributed by atoms with E-state index in [4.69, 9.17) is 32.8 Å². The molecule has 0 amide bonds. The number of hydrogen-bond acceptors (Lipinski definition) is 4. The maximum absolute atomic E-state index is 9.19. The molecule has 4 aromatic rings. The second-order valence-corrected chi connectivity index (χ2v) is 8.80. The molecule has 0 saturated heterocycles. The molecule has 0 N–H and O–H groups in total. The van der Waals surface area contributed by atoms with Crippen molar-refractivity contribution in [1.82, 2.24) is 4.57 Å². The Hall–Kier alpha value is -3.72. The molecule has 0 radical (unpaired) electrons. The average molecular weight is 504 g/mol. The molecule has 0 aliphatic heterocycles. The summed E-state index contributed by atoms with van der Waals surface area (Å²) in [6, 6.07) is 24.8. The van der Waals surface area contributed by atoms with E-state index in [1.165, 1.54) is 0 Å². The van der Waals surface area contributed by atoms with Crippen molar-refractivity contribution in [2.24, 2.45) is 5.16 Å². The number of nitriles is 1. The van der Waals surface area contributed by atoms with Gasteiger partial charge in [-0.2, -0.15) is 5.26 Å². The van der Waals surface area contributed by atoms with Crippen molar-refractivity contribution in [2.45, 2.75) is 27.1 Å². The van der Waals surface area contributed by atoms with Crippen molar-refractivity contribution in [3.63, 3.8) is 0 Å². The van der Waals surface area contributed by atoms with Crippen LogP contribution in [0.3, 0.4) is 0 Å². The van der Waals surface area contributed by atoms with Gasteiger partial charge in [-0.05, 0) is 62.4 Å². The molecule has 7 heteroatoms. The van der Waals surface area contributed by atoms with Crippen LogP contribution in [0.1, 0.15) is 33.6 Å². The average Bonchev–Trinajstić information content (AvgIpc) is 3.14. The van der Waals surface area contributed by atoms with Crippen molar-refractivity contribution < 1.29 is 9.57 Å². The number of ether oxygens (including phenoxy) is 1. The van der Waals surface area contributed by atoms with E-state index in [0.29, 0.717) is 22.2 Å². The quantitative estimate of drug-likeness (QED) is 0.186. The van der Waals surface area contributed by atoms with E-state index in [0.717, 1.165) is 39.5 Å². The highest BCUT2D eigenvalue weighted by atomic mass is 35.5. The van der Waals surface area contributed by atoms with Gasteiger partial charge in [-0.25, -0.2) is 0 Å². The van der Waals surface area contributed by atoms with E-state index < -0.39 is 0 Å².